The molecule has 2 bridgehead atoms. The zero-order valence-corrected chi connectivity index (χ0v) is 10.8. The number of nitrogens with zero attached hydrogens (tertiary/aromatic N) is 1. The van der Waals surface area contributed by atoms with Gasteiger partial charge in [0, 0.05) is 4.90 Å². The van der Waals surface area contributed by atoms with Crippen molar-refractivity contribution in [2.45, 2.75) is 29.3 Å². The van der Waals surface area contributed by atoms with Gasteiger partial charge in [-0.25, -0.2) is 0 Å². The molecule has 0 saturated carbocycles. The SMILES string of the molecule is Cc1ccc([S@@]2=NC(=O)[C@@H]3[C@H]2[C@@H]2C=C[C@H]3O2)cc1. The third-order valence-electron chi connectivity index (χ3n) is 3.83. The van der Waals surface area contributed by atoms with Crippen LogP contribution in [-0.2, 0) is 20.2 Å². The summed E-state index contributed by atoms with van der Waals surface area (Å²) in [5.41, 5.74) is 1.23. The lowest BCUT2D eigenvalue weighted by Gasteiger charge is -2.18. The van der Waals surface area contributed by atoms with Gasteiger partial charge in [0.1, 0.15) is 0 Å². The van der Waals surface area contributed by atoms with E-state index in [9.17, 15) is 4.79 Å². The van der Waals surface area contributed by atoms with E-state index >= 15 is 0 Å². The summed E-state index contributed by atoms with van der Waals surface area (Å²) in [5, 5.41) is 0.232. The smallest absolute Gasteiger partial charge is 0.259 e. The van der Waals surface area contributed by atoms with Gasteiger partial charge in [0.25, 0.3) is 5.91 Å². The van der Waals surface area contributed by atoms with Gasteiger partial charge >= 0.3 is 0 Å². The quantitative estimate of drug-likeness (QED) is 0.724. The van der Waals surface area contributed by atoms with Gasteiger partial charge in [-0.05, 0) is 19.1 Å². The summed E-state index contributed by atoms with van der Waals surface area (Å²) < 4.78 is 10.2. The second-order valence-electron chi connectivity index (χ2n) is 5.00. The third kappa shape index (κ3) is 1.33. The van der Waals surface area contributed by atoms with Crippen LogP contribution in [0, 0.1) is 12.8 Å². The first kappa shape index (κ1) is 10.6. The fraction of sp³-hybridized carbons (Fsp3) is 0.357. The minimum Gasteiger partial charge on any atom is -0.365 e. The van der Waals surface area contributed by atoms with Gasteiger partial charge in [0.05, 0.1) is 23.4 Å². The Hall–Kier alpha value is -1.26. The van der Waals surface area contributed by atoms with E-state index in [0.717, 1.165) is 4.90 Å². The predicted octanol–water partition coefficient (Wildman–Crippen LogP) is 2.02. The van der Waals surface area contributed by atoms with E-state index in [-0.39, 0.29) is 40.0 Å². The molecule has 1 aromatic rings. The summed E-state index contributed by atoms with van der Waals surface area (Å²) in [6.07, 6.45) is 4.16. The second-order valence-corrected chi connectivity index (χ2v) is 6.83. The van der Waals surface area contributed by atoms with Crippen LogP contribution >= 0.6 is 0 Å². The highest BCUT2D eigenvalue weighted by atomic mass is 32.2. The van der Waals surface area contributed by atoms with E-state index in [4.69, 9.17) is 4.74 Å². The van der Waals surface area contributed by atoms with Crippen molar-refractivity contribution in [3.63, 3.8) is 0 Å². The molecule has 1 aromatic carbocycles. The molecule has 4 rings (SSSR count). The molecular weight excluding hydrogens is 246 g/mol. The average molecular weight is 259 g/mol. The molecule has 3 heterocycles. The Morgan fingerprint density at radius 1 is 1.17 bits per heavy atom. The molecule has 3 nitrogen and oxygen atoms in total. The Morgan fingerprint density at radius 2 is 1.89 bits per heavy atom. The van der Waals surface area contributed by atoms with Crippen molar-refractivity contribution in [1.29, 1.82) is 0 Å². The van der Waals surface area contributed by atoms with E-state index in [1.165, 1.54) is 5.56 Å². The Bertz CT molecular complexity index is 590. The van der Waals surface area contributed by atoms with Crippen LogP contribution in [0.15, 0.2) is 45.7 Å². The predicted molar refractivity (Wildman–Crippen MR) is 69.3 cm³/mol. The molecule has 18 heavy (non-hydrogen) atoms. The number of hydrogen-bond acceptors (Lipinski definition) is 2. The zero-order chi connectivity index (χ0) is 12.3. The normalized spacial score (nSPS) is 40.1. The van der Waals surface area contributed by atoms with Crippen LogP contribution in [0.1, 0.15) is 5.56 Å². The molecule has 4 heteroatoms. The van der Waals surface area contributed by atoms with Crippen molar-refractivity contribution in [3.8, 4) is 0 Å². The molecule has 5 atom stereocenters. The Labute approximate surface area is 108 Å². The summed E-state index contributed by atoms with van der Waals surface area (Å²) in [6, 6.07) is 8.35. The number of fused-ring (bicyclic) bond motifs is 5. The average Bonchev–Trinajstić information content (AvgIpc) is 3.03. The minimum absolute atomic E-state index is 0.0285. The number of carbonyl (C=O) groups excluding carboxylic acids is 1. The van der Waals surface area contributed by atoms with E-state index < -0.39 is 0 Å². The van der Waals surface area contributed by atoms with Crippen molar-refractivity contribution in [3.05, 3.63) is 42.0 Å². The van der Waals surface area contributed by atoms with Gasteiger partial charge < -0.3 is 4.74 Å². The molecular formula is C14H13NO2S. The maximum Gasteiger partial charge on any atom is 0.259 e. The van der Waals surface area contributed by atoms with Crippen molar-refractivity contribution in [2.75, 3.05) is 0 Å². The van der Waals surface area contributed by atoms with Gasteiger partial charge in [-0.2, -0.15) is 4.36 Å². The van der Waals surface area contributed by atoms with Gasteiger partial charge in [-0.1, -0.05) is 40.5 Å². The van der Waals surface area contributed by atoms with Crippen LogP contribution < -0.4 is 0 Å². The summed E-state index contributed by atoms with van der Waals surface area (Å²) in [4.78, 5) is 13.2. The number of ether oxygens (including phenoxy) is 1. The van der Waals surface area contributed by atoms with E-state index in [0.29, 0.717) is 0 Å². The lowest BCUT2D eigenvalue weighted by Crippen LogP contribution is -2.32. The van der Waals surface area contributed by atoms with Gasteiger partial charge in [-0.15, -0.1) is 0 Å². The molecule has 0 N–H and O–H groups in total. The summed E-state index contributed by atoms with van der Waals surface area (Å²) in [5.74, 6) is -0.00889. The van der Waals surface area contributed by atoms with Crippen LogP contribution in [0.25, 0.3) is 0 Å². The maximum atomic E-state index is 12.0. The molecule has 0 unspecified atom stereocenters. The van der Waals surface area contributed by atoms with Crippen molar-refractivity contribution < 1.29 is 9.53 Å². The second kappa shape index (κ2) is 3.62. The number of hydrogen-bond donors (Lipinski definition) is 0. The summed E-state index contributed by atoms with van der Waals surface area (Å²) in [6.45, 7) is 2.07. The highest BCUT2D eigenvalue weighted by Gasteiger charge is 2.54. The van der Waals surface area contributed by atoms with E-state index in [1.807, 2.05) is 6.08 Å². The Balaban J connectivity index is 1.78. The van der Waals surface area contributed by atoms with Crippen LogP contribution in [0.5, 0.6) is 0 Å². The number of aryl methyl sites for hydroxylation is 1. The lowest BCUT2D eigenvalue weighted by atomic mass is 9.93. The van der Waals surface area contributed by atoms with Crippen molar-refractivity contribution in [2.24, 2.45) is 10.3 Å². The van der Waals surface area contributed by atoms with Gasteiger partial charge in [0.15, 0.2) is 0 Å². The number of carbonyl (C=O) groups is 1. The molecule has 0 radical (unpaired) electrons. The molecule has 92 valence electrons. The summed E-state index contributed by atoms with van der Waals surface area (Å²) >= 11 is 0. The zero-order valence-electron chi connectivity index (χ0n) is 9.95. The van der Waals surface area contributed by atoms with Crippen LogP contribution in [0.2, 0.25) is 0 Å². The molecule has 1 amide bonds. The van der Waals surface area contributed by atoms with Crippen molar-refractivity contribution >= 4 is 16.6 Å². The van der Waals surface area contributed by atoms with Gasteiger partial charge in [-0.3, -0.25) is 4.79 Å². The Kier molecular flexibility index (Phi) is 2.14. The highest BCUT2D eigenvalue weighted by Crippen LogP contribution is 2.43. The first-order valence-corrected chi connectivity index (χ1v) is 7.38. The minimum atomic E-state index is -0.335. The van der Waals surface area contributed by atoms with E-state index in [1.54, 1.807) is 0 Å². The molecule has 0 aromatic heterocycles. The van der Waals surface area contributed by atoms with Gasteiger partial charge in [0.2, 0.25) is 0 Å². The van der Waals surface area contributed by atoms with E-state index in [2.05, 4.69) is 41.6 Å². The van der Waals surface area contributed by atoms with Crippen molar-refractivity contribution in [1.82, 2.24) is 0 Å². The molecule has 0 aliphatic carbocycles. The molecule has 1 saturated heterocycles. The standard InChI is InChI=1S/C14H13NO2S/c1-8-2-4-9(5-3-8)18-13-11-7-6-10(17-11)12(13)14(16)15-18/h2-7,10-13H,1H3/t10-,11+,12+,13-,18+/m1/s1. The highest BCUT2D eigenvalue weighted by molar-refractivity contribution is 7.88. The number of amides is 1. The molecule has 3 aliphatic rings. The third-order valence-corrected chi connectivity index (χ3v) is 6.04. The maximum absolute atomic E-state index is 12.0. The first-order chi connectivity index (χ1) is 8.74. The van der Waals surface area contributed by atoms with Crippen LogP contribution in [0.3, 0.4) is 0 Å². The molecule has 1 fully saturated rings. The monoisotopic (exact) mass is 259 g/mol. The van der Waals surface area contributed by atoms with Crippen LogP contribution in [-0.4, -0.2) is 23.4 Å². The fourth-order valence-corrected chi connectivity index (χ4v) is 5.16. The first-order valence-electron chi connectivity index (χ1n) is 6.13. The fourth-order valence-electron chi connectivity index (χ4n) is 2.93. The lowest BCUT2D eigenvalue weighted by molar-refractivity contribution is -0.121. The molecule has 0 spiro atoms. The van der Waals surface area contributed by atoms with Crippen LogP contribution in [0.4, 0.5) is 0 Å². The Morgan fingerprint density at radius 3 is 2.67 bits per heavy atom. The molecule has 3 aliphatic heterocycles. The summed E-state index contributed by atoms with van der Waals surface area (Å²) in [7, 11) is -0.335. The number of rotatable bonds is 1. The number of benzene rings is 1. The topological polar surface area (TPSA) is 38.7 Å². The largest absolute Gasteiger partial charge is 0.365 e.